The average molecular weight is 423 g/mol. The van der Waals surface area contributed by atoms with Gasteiger partial charge in [0.2, 0.25) is 0 Å². The van der Waals surface area contributed by atoms with Crippen molar-refractivity contribution in [2.75, 3.05) is 13.1 Å². The molecule has 0 radical (unpaired) electrons. The highest BCUT2D eigenvalue weighted by molar-refractivity contribution is 6.08. The van der Waals surface area contributed by atoms with Crippen LogP contribution in [0.5, 0.6) is 0 Å². The number of hydrogen-bond donors (Lipinski definition) is 1. The maximum Gasteiger partial charge on any atom is 0.325 e. The number of carbonyl (C=O) groups is 3. The lowest BCUT2D eigenvalue weighted by Crippen LogP contribution is -2.49. The van der Waals surface area contributed by atoms with Gasteiger partial charge in [0, 0.05) is 12.1 Å². The highest BCUT2D eigenvalue weighted by Gasteiger charge is 2.55. The van der Waals surface area contributed by atoms with Gasteiger partial charge in [-0.2, -0.15) is 0 Å². The summed E-state index contributed by atoms with van der Waals surface area (Å²) < 4.78 is 13.1. The van der Waals surface area contributed by atoms with Crippen molar-refractivity contribution in [2.45, 2.75) is 44.7 Å². The minimum Gasteiger partial charge on any atom is -0.336 e. The Morgan fingerprint density at radius 1 is 1.06 bits per heavy atom. The van der Waals surface area contributed by atoms with Crippen molar-refractivity contribution < 1.29 is 18.8 Å². The van der Waals surface area contributed by atoms with Gasteiger partial charge in [-0.15, -0.1) is 0 Å². The molecule has 2 aliphatic rings. The molecule has 4 rings (SSSR count). The molecule has 0 bridgehead atoms. The Bertz CT molecular complexity index is 1030. The SMILES string of the molecule is CC(C)(C)c1ccc(C(=O)N2CC[C@]3(C2)NC(=O)N(Cc2ccc(F)cc2)C3=O)cc1. The number of hydrogen-bond acceptors (Lipinski definition) is 3. The summed E-state index contributed by atoms with van der Waals surface area (Å²) in [6, 6.07) is 12.7. The first-order valence-corrected chi connectivity index (χ1v) is 10.4. The number of rotatable bonds is 3. The molecule has 2 aromatic carbocycles. The quantitative estimate of drug-likeness (QED) is 0.769. The molecule has 0 saturated carbocycles. The third-order valence-electron chi connectivity index (χ3n) is 6.05. The van der Waals surface area contributed by atoms with Crippen molar-refractivity contribution in [3.63, 3.8) is 0 Å². The molecule has 2 aliphatic heterocycles. The van der Waals surface area contributed by atoms with Crippen LogP contribution in [-0.4, -0.2) is 46.3 Å². The zero-order chi connectivity index (χ0) is 22.4. The number of likely N-dealkylation sites (tertiary alicyclic amines) is 1. The molecule has 7 heteroatoms. The number of imide groups is 1. The predicted molar refractivity (Wildman–Crippen MR) is 114 cm³/mol. The molecular weight excluding hydrogens is 397 g/mol. The van der Waals surface area contributed by atoms with Crippen molar-refractivity contribution in [3.05, 3.63) is 71.0 Å². The monoisotopic (exact) mass is 423 g/mol. The molecule has 2 aromatic rings. The molecule has 6 nitrogen and oxygen atoms in total. The number of benzene rings is 2. The Hall–Kier alpha value is -3.22. The van der Waals surface area contributed by atoms with Gasteiger partial charge in [-0.25, -0.2) is 9.18 Å². The van der Waals surface area contributed by atoms with Gasteiger partial charge in [0.25, 0.3) is 11.8 Å². The van der Waals surface area contributed by atoms with Gasteiger partial charge in [0.05, 0.1) is 13.1 Å². The standard InChI is InChI=1S/C24H26FN3O3/c1-23(2,3)18-8-6-17(7-9-18)20(29)27-13-12-24(15-27)21(30)28(22(31)26-24)14-16-4-10-19(25)11-5-16/h4-11H,12-15H2,1-3H3,(H,26,31)/t24-/m1/s1. The minimum absolute atomic E-state index is 0.00614. The number of urea groups is 1. The Balaban J connectivity index is 1.47. The van der Waals surface area contributed by atoms with E-state index in [-0.39, 0.29) is 36.1 Å². The molecule has 2 heterocycles. The van der Waals surface area contributed by atoms with Crippen LogP contribution in [0.2, 0.25) is 0 Å². The van der Waals surface area contributed by atoms with E-state index in [4.69, 9.17) is 0 Å². The van der Waals surface area contributed by atoms with Crippen LogP contribution in [0.4, 0.5) is 9.18 Å². The second-order valence-corrected chi connectivity index (χ2v) is 9.33. The first-order valence-electron chi connectivity index (χ1n) is 10.4. The normalized spacial score (nSPS) is 21.2. The first-order chi connectivity index (χ1) is 14.6. The van der Waals surface area contributed by atoms with E-state index in [1.807, 2.05) is 24.3 Å². The lowest BCUT2D eigenvalue weighted by Gasteiger charge is -2.23. The maximum atomic E-state index is 13.1. The van der Waals surface area contributed by atoms with Gasteiger partial charge in [-0.1, -0.05) is 45.0 Å². The molecule has 4 amide bonds. The third-order valence-corrected chi connectivity index (χ3v) is 6.05. The van der Waals surface area contributed by atoms with Crippen LogP contribution in [-0.2, 0) is 16.8 Å². The van der Waals surface area contributed by atoms with Crippen molar-refractivity contribution in [2.24, 2.45) is 0 Å². The van der Waals surface area contributed by atoms with Gasteiger partial charge >= 0.3 is 6.03 Å². The van der Waals surface area contributed by atoms with E-state index in [9.17, 15) is 18.8 Å². The Kier molecular flexibility index (Phi) is 5.07. The molecule has 0 aromatic heterocycles. The molecule has 2 fully saturated rings. The van der Waals surface area contributed by atoms with E-state index in [0.717, 1.165) is 10.5 Å². The molecule has 162 valence electrons. The van der Waals surface area contributed by atoms with Crippen LogP contribution in [0.3, 0.4) is 0 Å². The van der Waals surface area contributed by atoms with Gasteiger partial charge in [0.1, 0.15) is 11.4 Å². The summed E-state index contributed by atoms with van der Waals surface area (Å²) in [6.07, 6.45) is 0.364. The molecule has 0 unspecified atom stereocenters. The Morgan fingerprint density at radius 2 is 1.71 bits per heavy atom. The number of carbonyl (C=O) groups excluding carboxylic acids is 3. The number of amides is 4. The van der Waals surface area contributed by atoms with Crippen molar-refractivity contribution in [1.82, 2.24) is 15.1 Å². The lowest BCUT2D eigenvalue weighted by molar-refractivity contribution is -0.131. The van der Waals surface area contributed by atoms with Gasteiger partial charge < -0.3 is 10.2 Å². The summed E-state index contributed by atoms with van der Waals surface area (Å²) >= 11 is 0. The van der Waals surface area contributed by atoms with Gasteiger partial charge in [0.15, 0.2) is 0 Å². The van der Waals surface area contributed by atoms with Crippen molar-refractivity contribution in [3.8, 4) is 0 Å². The van der Waals surface area contributed by atoms with Crippen LogP contribution < -0.4 is 5.32 Å². The average Bonchev–Trinajstić information content (AvgIpc) is 3.25. The van der Waals surface area contributed by atoms with E-state index in [1.54, 1.807) is 17.0 Å². The zero-order valence-corrected chi connectivity index (χ0v) is 17.9. The molecule has 0 aliphatic carbocycles. The van der Waals surface area contributed by atoms with E-state index < -0.39 is 11.6 Å². The summed E-state index contributed by atoms with van der Waals surface area (Å²) in [5.41, 5.74) is 1.25. The summed E-state index contributed by atoms with van der Waals surface area (Å²) in [6.45, 7) is 6.92. The van der Waals surface area contributed by atoms with E-state index in [2.05, 4.69) is 26.1 Å². The minimum atomic E-state index is -1.10. The Morgan fingerprint density at radius 3 is 2.32 bits per heavy atom. The zero-order valence-electron chi connectivity index (χ0n) is 17.9. The molecular formula is C24H26FN3O3. The Labute approximate surface area is 181 Å². The number of nitrogens with one attached hydrogen (secondary N) is 1. The number of halogens is 1. The van der Waals surface area contributed by atoms with E-state index in [0.29, 0.717) is 24.1 Å². The van der Waals surface area contributed by atoms with E-state index in [1.165, 1.54) is 12.1 Å². The summed E-state index contributed by atoms with van der Waals surface area (Å²) in [7, 11) is 0. The van der Waals surface area contributed by atoms with Gasteiger partial charge in [-0.05, 0) is 47.2 Å². The second-order valence-electron chi connectivity index (χ2n) is 9.33. The summed E-state index contributed by atoms with van der Waals surface area (Å²) in [5.74, 6) is -0.880. The van der Waals surface area contributed by atoms with E-state index >= 15 is 0 Å². The molecule has 1 N–H and O–H groups in total. The third kappa shape index (κ3) is 3.92. The molecule has 1 atom stereocenters. The molecule has 1 spiro atoms. The van der Waals surface area contributed by atoms with Crippen LogP contribution in [0.15, 0.2) is 48.5 Å². The first kappa shape index (κ1) is 21.0. The summed E-state index contributed by atoms with van der Waals surface area (Å²) in [4.78, 5) is 41.4. The fraction of sp³-hybridized carbons (Fsp3) is 0.375. The smallest absolute Gasteiger partial charge is 0.325 e. The maximum absolute atomic E-state index is 13.1. The van der Waals surface area contributed by atoms with Crippen LogP contribution in [0.1, 0.15) is 48.7 Å². The predicted octanol–water partition coefficient (Wildman–Crippen LogP) is 3.46. The van der Waals surface area contributed by atoms with Crippen molar-refractivity contribution >= 4 is 17.8 Å². The highest BCUT2D eigenvalue weighted by Crippen LogP contribution is 2.31. The van der Waals surface area contributed by atoms with Gasteiger partial charge in [-0.3, -0.25) is 14.5 Å². The second kappa shape index (κ2) is 7.48. The van der Waals surface area contributed by atoms with Crippen molar-refractivity contribution in [1.29, 1.82) is 0 Å². The van der Waals surface area contributed by atoms with Crippen LogP contribution in [0.25, 0.3) is 0 Å². The molecule has 31 heavy (non-hydrogen) atoms. The van der Waals surface area contributed by atoms with Crippen LogP contribution >= 0.6 is 0 Å². The summed E-state index contributed by atoms with van der Waals surface area (Å²) in [5, 5.41) is 2.80. The lowest BCUT2D eigenvalue weighted by atomic mass is 9.86. The topological polar surface area (TPSA) is 69.7 Å². The van der Waals surface area contributed by atoms with Crippen LogP contribution in [0, 0.1) is 5.82 Å². The number of nitrogens with zero attached hydrogens (tertiary/aromatic N) is 2. The fourth-order valence-electron chi connectivity index (χ4n) is 4.15. The fourth-order valence-corrected chi connectivity index (χ4v) is 4.15. The molecule has 2 saturated heterocycles. The largest absolute Gasteiger partial charge is 0.336 e. The highest BCUT2D eigenvalue weighted by atomic mass is 19.1.